The van der Waals surface area contributed by atoms with Crippen molar-refractivity contribution in [1.82, 2.24) is 4.31 Å². The van der Waals surface area contributed by atoms with E-state index in [-0.39, 0.29) is 5.75 Å². The van der Waals surface area contributed by atoms with Crippen LogP contribution >= 0.6 is 11.6 Å². The molecule has 6 heteroatoms. The summed E-state index contributed by atoms with van der Waals surface area (Å²) in [6.07, 6.45) is 1.36. The van der Waals surface area contributed by atoms with Crippen molar-refractivity contribution in [2.45, 2.75) is 19.8 Å². The molecule has 0 atom stereocenters. The number of hydrogen-bond donors (Lipinski definition) is 0. The molecule has 0 aliphatic rings. The zero-order valence-electron chi connectivity index (χ0n) is 9.41. The van der Waals surface area contributed by atoms with Crippen molar-refractivity contribution in [2.75, 3.05) is 38.4 Å². The predicted octanol–water partition coefficient (Wildman–Crippen LogP) is 1.30. The van der Waals surface area contributed by atoms with Gasteiger partial charge in [-0.15, -0.1) is 11.6 Å². The van der Waals surface area contributed by atoms with E-state index in [4.69, 9.17) is 16.3 Å². The fourth-order valence-electron chi connectivity index (χ4n) is 1.20. The average molecular weight is 258 g/mol. The van der Waals surface area contributed by atoms with E-state index in [1.807, 2.05) is 6.92 Å². The van der Waals surface area contributed by atoms with Gasteiger partial charge in [0, 0.05) is 26.1 Å². The van der Waals surface area contributed by atoms with Crippen LogP contribution in [0.3, 0.4) is 0 Å². The molecule has 0 N–H and O–H groups in total. The Labute approximate surface area is 97.6 Å². The van der Waals surface area contributed by atoms with Crippen molar-refractivity contribution in [1.29, 1.82) is 0 Å². The highest BCUT2D eigenvalue weighted by Crippen LogP contribution is 2.05. The molecule has 0 aliphatic carbocycles. The summed E-state index contributed by atoms with van der Waals surface area (Å²) in [5.74, 6) is 0.691. The van der Waals surface area contributed by atoms with Gasteiger partial charge >= 0.3 is 0 Å². The fourth-order valence-corrected chi connectivity index (χ4v) is 2.96. The van der Waals surface area contributed by atoms with Gasteiger partial charge in [0.2, 0.25) is 10.0 Å². The van der Waals surface area contributed by atoms with Crippen molar-refractivity contribution in [3.63, 3.8) is 0 Å². The van der Waals surface area contributed by atoms with Crippen molar-refractivity contribution in [3.05, 3.63) is 0 Å². The maximum Gasteiger partial charge on any atom is 0.214 e. The molecule has 0 spiro atoms. The zero-order chi connectivity index (χ0) is 11.7. The van der Waals surface area contributed by atoms with Crippen LogP contribution in [0.1, 0.15) is 19.8 Å². The third kappa shape index (κ3) is 6.35. The lowest BCUT2D eigenvalue weighted by Gasteiger charge is -2.19. The quantitative estimate of drug-likeness (QED) is 0.462. The first-order valence-electron chi connectivity index (χ1n) is 5.11. The summed E-state index contributed by atoms with van der Waals surface area (Å²) in [5, 5.41) is 0. The third-order valence-corrected chi connectivity index (χ3v) is 4.38. The Hall–Kier alpha value is 0.160. The van der Waals surface area contributed by atoms with E-state index in [1.165, 1.54) is 4.31 Å². The number of ether oxygens (including phenoxy) is 1. The number of sulfonamides is 1. The molecule has 0 aliphatic heterocycles. The van der Waals surface area contributed by atoms with Crippen LogP contribution < -0.4 is 0 Å². The number of halogens is 1. The van der Waals surface area contributed by atoms with Crippen LogP contribution in [0.2, 0.25) is 0 Å². The minimum absolute atomic E-state index is 0.178. The summed E-state index contributed by atoms with van der Waals surface area (Å²) in [7, 11) is -1.56. The second-order valence-electron chi connectivity index (χ2n) is 3.20. The molecular weight excluding hydrogens is 238 g/mol. The minimum atomic E-state index is -3.12. The number of rotatable bonds is 9. The summed E-state index contributed by atoms with van der Waals surface area (Å²) in [6, 6.07) is 0. The molecule has 4 nitrogen and oxygen atoms in total. The van der Waals surface area contributed by atoms with E-state index in [0.29, 0.717) is 32.0 Å². The molecule has 0 unspecified atom stereocenters. The fraction of sp³-hybridized carbons (Fsp3) is 1.00. The molecule has 0 rings (SSSR count). The van der Waals surface area contributed by atoms with Gasteiger partial charge in [0.15, 0.2) is 0 Å². The highest BCUT2D eigenvalue weighted by atomic mass is 35.5. The lowest BCUT2D eigenvalue weighted by molar-refractivity contribution is 0.180. The zero-order valence-corrected chi connectivity index (χ0v) is 11.0. The predicted molar refractivity (Wildman–Crippen MR) is 62.9 cm³/mol. The van der Waals surface area contributed by atoms with Crippen LogP contribution in [0.5, 0.6) is 0 Å². The van der Waals surface area contributed by atoms with Gasteiger partial charge in [0.25, 0.3) is 0 Å². The van der Waals surface area contributed by atoms with Gasteiger partial charge in [0.1, 0.15) is 0 Å². The Kier molecular flexibility index (Phi) is 8.42. The van der Waals surface area contributed by atoms with Gasteiger partial charge in [-0.25, -0.2) is 8.42 Å². The first kappa shape index (κ1) is 15.2. The number of nitrogens with zero attached hydrogens (tertiary/aromatic N) is 1. The largest absolute Gasteiger partial charge is 0.383 e. The number of unbranched alkanes of at least 4 members (excludes halogenated alkanes) is 1. The molecule has 0 aromatic heterocycles. The van der Waals surface area contributed by atoms with Crippen molar-refractivity contribution < 1.29 is 13.2 Å². The smallest absolute Gasteiger partial charge is 0.214 e. The number of hydrogen-bond acceptors (Lipinski definition) is 3. The van der Waals surface area contributed by atoms with Crippen LogP contribution in [-0.2, 0) is 14.8 Å². The second-order valence-corrected chi connectivity index (χ2v) is 5.66. The molecule has 0 fully saturated rings. The van der Waals surface area contributed by atoms with E-state index in [2.05, 4.69) is 0 Å². The SMILES string of the molecule is CCN(CCOC)S(=O)(=O)CCCCCl. The Bertz CT molecular complexity index is 244. The molecule has 0 bridgehead atoms. The average Bonchev–Trinajstić information content (AvgIpc) is 2.19. The van der Waals surface area contributed by atoms with Crippen LogP contribution in [0.25, 0.3) is 0 Å². The molecule has 0 saturated heterocycles. The number of likely N-dealkylation sites (N-methyl/N-ethyl adjacent to an activating group) is 1. The first-order valence-corrected chi connectivity index (χ1v) is 7.25. The standard InChI is InChI=1S/C9H20ClNO3S/c1-3-11(7-8-14-2)15(12,13)9-5-4-6-10/h3-9H2,1-2H3. The van der Waals surface area contributed by atoms with E-state index in [9.17, 15) is 8.42 Å². The lowest BCUT2D eigenvalue weighted by Crippen LogP contribution is -2.35. The van der Waals surface area contributed by atoms with E-state index in [0.717, 1.165) is 6.42 Å². The Morgan fingerprint density at radius 3 is 2.47 bits per heavy atom. The first-order chi connectivity index (χ1) is 7.08. The molecule has 0 aromatic carbocycles. The van der Waals surface area contributed by atoms with Crippen LogP contribution in [0, 0.1) is 0 Å². The highest BCUT2D eigenvalue weighted by Gasteiger charge is 2.18. The van der Waals surface area contributed by atoms with Gasteiger partial charge < -0.3 is 4.74 Å². The van der Waals surface area contributed by atoms with E-state index < -0.39 is 10.0 Å². The van der Waals surface area contributed by atoms with Crippen LogP contribution in [-0.4, -0.2) is 51.2 Å². The maximum absolute atomic E-state index is 11.8. The molecule has 92 valence electrons. The molecular formula is C9H20ClNO3S. The minimum Gasteiger partial charge on any atom is -0.383 e. The Morgan fingerprint density at radius 2 is 2.00 bits per heavy atom. The van der Waals surface area contributed by atoms with Gasteiger partial charge in [-0.1, -0.05) is 6.92 Å². The highest BCUT2D eigenvalue weighted by molar-refractivity contribution is 7.89. The summed E-state index contributed by atoms with van der Waals surface area (Å²) < 4.78 is 29.9. The molecule has 0 saturated carbocycles. The molecule has 0 aromatic rings. The second kappa shape index (κ2) is 8.33. The molecule has 0 amide bonds. The molecule has 0 heterocycles. The van der Waals surface area contributed by atoms with Crippen LogP contribution in [0.15, 0.2) is 0 Å². The lowest BCUT2D eigenvalue weighted by atomic mass is 10.4. The molecule has 0 radical (unpaired) electrons. The van der Waals surface area contributed by atoms with Gasteiger partial charge in [0.05, 0.1) is 12.4 Å². The van der Waals surface area contributed by atoms with Gasteiger partial charge in [-0.05, 0) is 12.8 Å². The number of alkyl halides is 1. The van der Waals surface area contributed by atoms with Crippen molar-refractivity contribution in [3.8, 4) is 0 Å². The van der Waals surface area contributed by atoms with Gasteiger partial charge in [-0.3, -0.25) is 0 Å². The number of methoxy groups -OCH3 is 1. The third-order valence-electron chi connectivity index (χ3n) is 2.08. The van der Waals surface area contributed by atoms with Crippen LogP contribution in [0.4, 0.5) is 0 Å². The monoisotopic (exact) mass is 257 g/mol. The molecule has 15 heavy (non-hydrogen) atoms. The Balaban J connectivity index is 4.13. The summed E-state index contributed by atoms with van der Waals surface area (Å²) in [5.41, 5.74) is 0. The summed E-state index contributed by atoms with van der Waals surface area (Å²) in [6.45, 7) is 3.18. The van der Waals surface area contributed by atoms with Crippen molar-refractivity contribution in [2.24, 2.45) is 0 Å². The maximum atomic E-state index is 11.8. The van der Waals surface area contributed by atoms with Crippen molar-refractivity contribution >= 4 is 21.6 Å². The van der Waals surface area contributed by atoms with Gasteiger partial charge in [-0.2, -0.15) is 4.31 Å². The van der Waals surface area contributed by atoms with E-state index in [1.54, 1.807) is 7.11 Å². The van der Waals surface area contributed by atoms with E-state index >= 15 is 0 Å². The normalized spacial score (nSPS) is 12.3. The topological polar surface area (TPSA) is 46.6 Å². The Morgan fingerprint density at radius 1 is 1.33 bits per heavy atom. The summed E-state index contributed by atoms with van der Waals surface area (Å²) >= 11 is 5.50. The summed E-state index contributed by atoms with van der Waals surface area (Å²) in [4.78, 5) is 0.